The number of para-hydroxylation sites is 1. The zero-order valence-electron chi connectivity index (χ0n) is 11.5. The second-order valence-corrected chi connectivity index (χ2v) is 5.19. The largest absolute Gasteiger partial charge is 0.287 e. The number of halogens is 1. The van der Waals surface area contributed by atoms with Crippen molar-refractivity contribution in [2.24, 2.45) is 0 Å². The van der Waals surface area contributed by atoms with E-state index >= 15 is 0 Å². The number of ketones is 1. The van der Waals surface area contributed by atoms with Crippen molar-refractivity contribution in [2.75, 3.05) is 0 Å². The maximum absolute atomic E-state index is 12.8. The summed E-state index contributed by atoms with van der Waals surface area (Å²) in [4.78, 5) is 12.8. The second-order valence-electron chi connectivity index (χ2n) is 4.75. The average molecular weight is 297 g/mol. The van der Waals surface area contributed by atoms with E-state index in [0.717, 1.165) is 11.3 Å². The number of aryl methyl sites for hydroxylation is 1. The molecule has 0 saturated carbocycles. The first-order valence-corrected chi connectivity index (χ1v) is 6.95. The topological polar surface area (TPSA) is 34.9 Å². The lowest BCUT2D eigenvalue weighted by atomic mass is 10.0. The molecule has 0 spiro atoms. The fourth-order valence-electron chi connectivity index (χ4n) is 2.23. The zero-order valence-corrected chi connectivity index (χ0v) is 12.2. The number of benzene rings is 2. The summed E-state index contributed by atoms with van der Waals surface area (Å²) < 4.78 is 1.64. The predicted molar refractivity (Wildman–Crippen MR) is 83.2 cm³/mol. The number of hydrogen-bond donors (Lipinski definition) is 0. The van der Waals surface area contributed by atoms with Gasteiger partial charge in [0, 0.05) is 10.6 Å². The Morgan fingerprint density at radius 1 is 1.10 bits per heavy atom. The SMILES string of the molecule is Cc1ccc(Cl)cc1C(=O)c1ccnn1-c1ccccc1. The summed E-state index contributed by atoms with van der Waals surface area (Å²) >= 11 is 6.00. The summed E-state index contributed by atoms with van der Waals surface area (Å²) in [6, 6.07) is 16.6. The van der Waals surface area contributed by atoms with Crippen LogP contribution in [0.1, 0.15) is 21.6 Å². The van der Waals surface area contributed by atoms with E-state index in [4.69, 9.17) is 11.6 Å². The van der Waals surface area contributed by atoms with Crippen LogP contribution in [-0.4, -0.2) is 15.6 Å². The first-order chi connectivity index (χ1) is 10.2. The highest BCUT2D eigenvalue weighted by Crippen LogP contribution is 2.20. The number of hydrogen-bond acceptors (Lipinski definition) is 2. The second kappa shape index (κ2) is 5.54. The van der Waals surface area contributed by atoms with Gasteiger partial charge in [0.2, 0.25) is 5.78 Å². The first kappa shape index (κ1) is 13.6. The van der Waals surface area contributed by atoms with Gasteiger partial charge in [0.1, 0.15) is 5.69 Å². The third kappa shape index (κ3) is 2.60. The summed E-state index contributed by atoms with van der Waals surface area (Å²) in [5.41, 5.74) is 2.86. The van der Waals surface area contributed by atoms with Gasteiger partial charge in [-0.05, 0) is 42.8 Å². The fourth-order valence-corrected chi connectivity index (χ4v) is 2.40. The number of carbonyl (C=O) groups is 1. The number of aromatic nitrogens is 2. The Hall–Kier alpha value is -2.39. The van der Waals surface area contributed by atoms with E-state index in [-0.39, 0.29) is 5.78 Å². The molecule has 0 aliphatic carbocycles. The van der Waals surface area contributed by atoms with Crippen molar-refractivity contribution in [3.05, 3.63) is 82.6 Å². The molecule has 4 heteroatoms. The Balaban J connectivity index is 2.08. The highest BCUT2D eigenvalue weighted by atomic mass is 35.5. The van der Waals surface area contributed by atoms with Crippen molar-refractivity contribution in [2.45, 2.75) is 6.92 Å². The van der Waals surface area contributed by atoms with E-state index in [1.807, 2.05) is 43.3 Å². The Bertz CT molecular complexity index is 794. The van der Waals surface area contributed by atoms with E-state index in [1.54, 1.807) is 29.1 Å². The van der Waals surface area contributed by atoms with Gasteiger partial charge in [0.25, 0.3) is 0 Å². The molecule has 2 aromatic carbocycles. The molecule has 3 aromatic rings. The Labute approximate surface area is 127 Å². The van der Waals surface area contributed by atoms with Crippen LogP contribution < -0.4 is 0 Å². The van der Waals surface area contributed by atoms with Crippen LogP contribution in [0.15, 0.2) is 60.8 Å². The van der Waals surface area contributed by atoms with Gasteiger partial charge in [-0.3, -0.25) is 4.79 Å². The molecule has 0 aliphatic rings. The monoisotopic (exact) mass is 296 g/mol. The molecule has 21 heavy (non-hydrogen) atoms. The molecule has 0 amide bonds. The normalized spacial score (nSPS) is 10.6. The lowest BCUT2D eigenvalue weighted by Gasteiger charge is -2.09. The van der Waals surface area contributed by atoms with Crippen molar-refractivity contribution >= 4 is 17.4 Å². The summed E-state index contributed by atoms with van der Waals surface area (Å²) in [6.45, 7) is 1.90. The Kier molecular flexibility index (Phi) is 3.59. The van der Waals surface area contributed by atoms with Crippen molar-refractivity contribution in [3.8, 4) is 5.69 Å². The number of carbonyl (C=O) groups excluding carboxylic acids is 1. The van der Waals surface area contributed by atoms with Crippen molar-refractivity contribution < 1.29 is 4.79 Å². The maximum atomic E-state index is 12.8. The molecule has 104 valence electrons. The maximum Gasteiger partial charge on any atom is 0.211 e. The van der Waals surface area contributed by atoms with Crippen molar-refractivity contribution in [1.82, 2.24) is 9.78 Å². The molecule has 0 radical (unpaired) electrons. The van der Waals surface area contributed by atoms with Crippen molar-refractivity contribution in [1.29, 1.82) is 0 Å². The van der Waals surface area contributed by atoms with Gasteiger partial charge in [-0.15, -0.1) is 0 Å². The summed E-state index contributed by atoms with van der Waals surface area (Å²) in [5.74, 6) is -0.0867. The molecule has 3 nitrogen and oxygen atoms in total. The van der Waals surface area contributed by atoms with Gasteiger partial charge in [-0.1, -0.05) is 35.9 Å². The lowest BCUT2D eigenvalue weighted by molar-refractivity contribution is 0.103. The average Bonchev–Trinajstić information content (AvgIpc) is 2.99. The molecule has 0 atom stereocenters. The molecular formula is C17H13ClN2O. The molecule has 0 aliphatic heterocycles. The van der Waals surface area contributed by atoms with Crippen LogP contribution in [0, 0.1) is 6.92 Å². The quantitative estimate of drug-likeness (QED) is 0.683. The van der Waals surface area contributed by atoms with E-state index in [2.05, 4.69) is 5.10 Å². The Morgan fingerprint density at radius 2 is 1.86 bits per heavy atom. The molecule has 3 rings (SSSR count). The van der Waals surface area contributed by atoms with Crippen LogP contribution in [0.4, 0.5) is 0 Å². The van der Waals surface area contributed by atoms with Gasteiger partial charge >= 0.3 is 0 Å². The first-order valence-electron chi connectivity index (χ1n) is 6.57. The highest BCUT2D eigenvalue weighted by Gasteiger charge is 2.17. The predicted octanol–water partition coefficient (Wildman–Crippen LogP) is 4.07. The molecule has 0 N–H and O–H groups in total. The molecule has 0 saturated heterocycles. The molecule has 1 aromatic heterocycles. The van der Waals surface area contributed by atoms with Gasteiger partial charge < -0.3 is 0 Å². The van der Waals surface area contributed by atoms with E-state index < -0.39 is 0 Å². The van der Waals surface area contributed by atoms with Crippen LogP contribution in [0.2, 0.25) is 5.02 Å². The number of rotatable bonds is 3. The minimum atomic E-state index is -0.0867. The van der Waals surface area contributed by atoms with Gasteiger partial charge in [0.15, 0.2) is 0 Å². The van der Waals surface area contributed by atoms with Crippen LogP contribution in [0.3, 0.4) is 0 Å². The third-order valence-electron chi connectivity index (χ3n) is 3.32. The highest BCUT2D eigenvalue weighted by molar-refractivity contribution is 6.31. The molecule has 0 unspecified atom stereocenters. The smallest absolute Gasteiger partial charge is 0.211 e. The van der Waals surface area contributed by atoms with Gasteiger partial charge in [0.05, 0.1) is 11.9 Å². The van der Waals surface area contributed by atoms with Crippen LogP contribution in [0.5, 0.6) is 0 Å². The summed E-state index contributed by atoms with van der Waals surface area (Å²) in [6.07, 6.45) is 1.63. The Morgan fingerprint density at radius 3 is 2.62 bits per heavy atom. The third-order valence-corrected chi connectivity index (χ3v) is 3.56. The van der Waals surface area contributed by atoms with E-state index in [0.29, 0.717) is 16.3 Å². The molecular weight excluding hydrogens is 284 g/mol. The summed E-state index contributed by atoms with van der Waals surface area (Å²) in [7, 11) is 0. The molecule has 0 bridgehead atoms. The van der Waals surface area contributed by atoms with Crippen LogP contribution in [-0.2, 0) is 0 Å². The summed E-state index contributed by atoms with van der Waals surface area (Å²) in [5, 5.41) is 4.80. The fraction of sp³-hybridized carbons (Fsp3) is 0.0588. The van der Waals surface area contributed by atoms with E-state index in [9.17, 15) is 4.79 Å². The van der Waals surface area contributed by atoms with Gasteiger partial charge in [-0.25, -0.2) is 4.68 Å². The van der Waals surface area contributed by atoms with Crippen molar-refractivity contribution in [3.63, 3.8) is 0 Å². The standard InChI is InChI=1S/C17H13ClN2O/c1-12-7-8-13(18)11-15(12)17(21)16-9-10-19-20(16)14-5-3-2-4-6-14/h2-11H,1H3. The van der Waals surface area contributed by atoms with E-state index in [1.165, 1.54) is 0 Å². The molecule has 1 heterocycles. The number of nitrogens with zero attached hydrogens (tertiary/aromatic N) is 2. The zero-order chi connectivity index (χ0) is 14.8. The molecule has 0 fully saturated rings. The lowest BCUT2D eigenvalue weighted by Crippen LogP contribution is -2.11. The minimum Gasteiger partial charge on any atom is -0.287 e. The minimum absolute atomic E-state index is 0.0867. The van der Waals surface area contributed by atoms with Gasteiger partial charge in [-0.2, -0.15) is 5.10 Å². The van der Waals surface area contributed by atoms with Crippen LogP contribution >= 0.6 is 11.6 Å². The van der Waals surface area contributed by atoms with Crippen LogP contribution in [0.25, 0.3) is 5.69 Å².